The average molecular weight is 599 g/mol. The van der Waals surface area contributed by atoms with Crippen LogP contribution in [-0.2, 0) is 16.1 Å². The lowest BCUT2D eigenvalue weighted by Crippen LogP contribution is -2.70. The van der Waals surface area contributed by atoms with E-state index in [0.717, 1.165) is 31.7 Å². The molecule has 2 saturated heterocycles. The maximum atomic E-state index is 13.2. The second-order valence-electron chi connectivity index (χ2n) is 13.3. The number of rotatable bonds is 5. The zero-order chi connectivity index (χ0) is 29.0. The summed E-state index contributed by atoms with van der Waals surface area (Å²) < 4.78 is 84.7. The van der Waals surface area contributed by atoms with E-state index in [1.807, 2.05) is 9.80 Å². The first-order valence-corrected chi connectivity index (χ1v) is 15.5. The van der Waals surface area contributed by atoms with Gasteiger partial charge >= 0.3 is 11.5 Å². The van der Waals surface area contributed by atoms with Crippen LogP contribution in [0.4, 0.5) is 26.7 Å². The van der Waals surface area contributed by atoms with Gasteiger partial charge in [0.2, 0.25) is 5.92 Å². The number of likely N-dealkylation sites (tertiary alicyclic amines) is 2. The molecule has 2 N–H and O–H groups in total. The number of benzene rings is 1. The highest BCUT2D eigenvalue weighted by Gasteiger charge is 2.59. The number of nitrogens with zero attached hydrogens (tertiary/aromatic N) is 4. The number of halogens is 5. The van der Waals surface area contributed by atoms with Crippen molar-refractivity contribution >= 4 is 15.8 Å². The Morgan fingerprint density at radius 1 is 1.00 bits per heavy atom. The highest BCUT2D eigenvalue weighted by Crippen LogP contribution is 2.57. The van der Waals surface area contributed by atoms with Gasteiger partial charge in [-0.2, -0.15) is 18.3 Å². The zero-order valence-corrected chi connectivity index (χ0v) is 23.0. The van der Waals surface area contributed by atoms with Gasteiger partial charge in [0.1, 0.15) is 5.82 Å². The number of aromatic amines is 1. The second kappa shape index (κ2) is 8.63. The fourth-order valence-electron chi connectivity index (χ4n) is 7.82. The van der Waals surface area contributed by atoms with E-state index in [1.165, 1.54) is 12.1 Å². The Balaban J connectivity index is 0.844. The molecule has 0 bridgehead atoms. The molecule has 1 aromatic heterocycles. The second-order valence-corrected chi connectivity index (χ2v) is 15.3. The molecule has 1 unspecified atom stereocenters. The number of aromatic nitrogens is 3. The maximum absolute atomic E-state index is 13.2. The number of H-pyrrole nitrogens is 1. The minimum Gasteiger partial charge on any atom is -0.323 e. The SMILES string of the molecule is N=S(=O)(c1cccc(CC2CC3(C2)CN(C(=O)N2CC4(CC(c5n[nH]c(C6CC(F)(F)C6)n5)C4)C2)C3)c1)C(F)(F)F. The smallest absolute Gasteiger partial charge is 0.323 e. The Bertz CT molecular complexity index is 1470. The number of alkyl halides is 5. The Morgan fingerprint density at radius 2 is 1.61 bits per heavy atom. The molecule has 5 aliphatic rings. The monoisotopic (exact) mass is 598 g/mol. The summed E-state index contributed by atoms with van der Waals surface area (Å²) in [5.41, 5.74) is -4.29. The molecule has 14 heteroatoms. The lowest BCUT2D eigenvalue weighted by molar-refractivity contribution is -0.100. The summed E-state index contributed by atoms with van der Waals surface area (Å²) in [5, 5.41) is 7.11. The molecule has 1 aromatic carbocycles. The summed E-state index contributed by atoms with van der Waals surface area (Å²) >= 11 is 0. The fourth-order valence-corrected chi connectivity index (χ4v) is 8.67. The lowest BCUT2D eigenvalue weighted by atomic mass is 9.56. The van der Waals surface area contributed by atoms with Gasteiger partial charge < -0.3 is 9.80 Å². The van der Waals surface area contributed by atoms with E-state index in [0.29, 0.717) is 49.8 Å². The number of carbonyl (C=O) groups excluding carboxylic acids is 1. The van der Waals surface area contributed by atoms with Crippen LogP contribution >= 0.6 is 0 Å². The molecule has 222 valence electrons. The van der Waals surface area contributed by atoms with Gasteiger partial charge in [-0.25, -0.2) is 27.5 Å². The van der Waals surface area contributed by atoms with Gasteiger partial charge in [0, 0.05) is 61.7 Å². The van der Waals surface area contributed by atoms with Gasteiger partial charge in [0.25, 0.3) is 0 Å². The highest BCUT2D eigenvalue weighted by molar-refractivity contribution is 7.93. The van der Waals surface area contributed by atoms with E-state index >= 15 is 0 Å². The number of amides is 2. The van der Waals surface area contributed by atoms with Crippen molar-refractivity contribution in [3.05, 3.63) is 41.5 Å². The van der Waals surface area contributed by atoms with Gasteiger partial charge in [-0.3, -0.25) is 5.10 Å². The molecule has 2 amide bonds. The average Bonchev–Trinajstić information content (AvgIpc) is 3.25. The predicted molar refractivity (Wildman–Crippen MR) is 137 cm³/mol. The standard InChI is InChI=1S/C27H31F5N6O2S/c28-26(29)10-19(11-26)22-34-21(35-36-22)18-8-25(9-18)14-38(15-25)23(39)37-12-24(13-37)6-17(7-24)4-16-2-1-3-20(5-16)41(33,40)27(30,31)32/h1-3,5,17-19,33H,4,6-15H2,(H,34,35,36). The van der Waals surface area contributed by atoms with Gasteiger partial charge in [-0.15, -0.1) is 0 Å². The van der Waals surface area contributed by atoms with Gasteiger partial charge in [0.15, 0.2) is 15.6 Å². The zero-order valence-electron chi connectivity index (χ0n) is 22.2. The topological polar surface area (TPSA) is 106 Å². The van der Waals surface area contributed by atoms with Gasteiger partial charge in [-0.05, 0) is 55.7 Å². The van der Waals surface area contributed by atoms with Crippen LogP contribution in [0.25, 0.3) is 0 Å². The normalized spacial score (nSPS) is 26.5. The third-order valence-corrected chi connectivity index (χ3v) is 11.5. The largest absolute Gasteiger partial charge is 0.483 e. The molecule has 1 atom stereocenters. The molecular formula is C27H31F5N6O2S. The number of carbonyl (C=O) groups is 1. The van der Waals surface area contributed by atoms with Crippen molar-refractivity contribution in [3.8, 4) is 0 Å². The number of nitrogens with one attached hydrogen (secondary N) is 2. The van der Waals surface area contributed by atoms with E-state index in [-0.39, 0.29) is 47.5 Å². The summed E-state index contributed by atoms with van der Waals surface area (Å²) in [4.78, 5) is 20.7. The van der Waals surface area contributed by atoms with Crippen LogP contribution in [0.1, 0.15) is 67.6 Å². The van der Waals surface area contributed by atoms with Crippen molar-refractivity contribution in [1.82, 2.24) is 25.0 Å². The lowest BCUT2D eigenvalue weighted by Gasteiger charge is -2.63. The molecule has 2 spiro atoms. The van der Waals surface area contributed by atoms with Crippen molar-refractivity contribution in [1.29, 1.82) is 4.78 Å². The van der Waals surface area contributed by atoms with Crippen LogP contribution in [0.5, 0.6) is 0 Å². The van der Waals surface area contributed by atoms with Crippen molar-refractivity contribution in [2.24, 2.45) is 16.7 Å². The maximum Gasteiger partial charge on any atom is 0.483 e. The van der Waals surface area contributed by atoms with E-state index in [1.54, 1.807) is 6.07 Å². The fraction of sp³-hybridized carbons (Fsp3) is 0.667. The molecule has 3 aliphatic carbocycles. The van der Waals surface area contributed by atoms with Gasteiger partial charge in [-0.1, -0.05) is 12.1 Å². The third kappa shape index (κ3) is 4.51. The molecule has 0 radical (unpaired) electrons. The Labute approximate surface area is 234 Å². The van der Waals surface area contributed by atoms with Crippen molar-refractivity contribution in [2.45, 2.75) is 73.1 Å². The first-order chi connectivity index (χ1) is 19.1. The number of urea groups is 1. The van der Waals surface area contributed by atoms with E-state index in [9.17, 15) is 31.0 Å². The molecule has 5 fully saturated rings. The van der Waals surface area contributed by atoms with E-state index in [4.69, 9.17) is 4.78 Å². The molecular weight excluding hydrogens is 567 g/mol. The van der Waals surface area contributed by atoms with Crippen LogP contribution in [0.2, 0.25) is 0 Å². The van der Waals surface area contributed by atoms with Crippen LogP contribution < -0.4 is 0 Å². The third-order valence-electron chi connectivity index (χ3n) is 9.89. The summed E-state index contributed by atoms with van der Waals surface area (Å²) in [5.74, 6) is -1.13. The van der Waals surface area contributed by atoms with E-state index in [2.05, 4.69) is 15.2 Å². The van der Waals surface area contributed by atoms with Crippen LogP contribution in [-0.4, -0.2) is 72.8 Å². The quantitative estimate of drug-likeness (QED) is 0.444. The number of hydrogen-bond donors (Lipinski definition) is 2. The van der Waals surface area contributed by atoms with Crippen LogP contribution in [0.15, 0.2) is 29.2 Å². The Hall–Kier alpha value is -2.77. The molecule has 3 heterocycles. The summed E-state index contributed by atoms with van der Waals surface area (Å²) in [6.45, 7) is 2.77. The van der Waals surface area contributed by atoms with Crippen molar-refractivity contribution in [3.63, 3.8) is 0 Å². The minimum atomic E-state index is -5.11. The van der Waals surface area contributed by atoms with Crippen molar-refractivity contribution < 1.29 is 31.0 Å². The first kappa shape index (κ1) is 27.1. The Kier molecular flexibility index (Phi) is 5.70. The summed E-state index contributed by atoms with van der Waals surface area (Å²) in [6.07, 6.45) is 3.76. The van der Waals surface area contributed by atoms with Crippen LogP contribution in [0, 0.1) is 21.5 Å². The molecule has 2 aromatic rings. The van der Waals surface area contributed by atoms with Crippen molar-refractivity contribution in [2.75, 3.05) is 26.2 Å². The molecule has 41 heavy (non-hydrogen) atoms. The molecule has 7 rings (SSSR count). The Morgan fingerprint density at radius 3 is 2.20 bits per heavy atom. The minimum absolute atomic E-state index is 0.0456. The summed E-state index contributed by atoms with van der Waals surface area (Å²) in [6, 6.07) is 5.52. The molecule has 2 aliphatic heterocycles. The summed E-state index contributed by atoms with van der Waals surface area (Å²) in [7, 11) is -4.87. The highest BCUT2D eigenvalue weighted by atomic mass is 32.2. The predicted octanol–water partition coefficient (Wildman–Crippen LogP) is 5.50. The van der Waals surface area contributed by atoms with Gasteiger partial charge in [0.05, 0.1) is 4.90 Å². The van der Waals surface area contributed by atoms with Crippen LogP contribution in [0.3, 0.4) is 0 Å². The number of hydrogen-bond acceptors (Lipinski definition) is 5. The first-order valence-electron chi connectivity index (χ1n) is 13.9. The van der Waals surface area contributed by atoms with E-state index < -0.39 is 26.1 Å². The molecule has 3 saturated carbocycles. The molecule has 8 nitrogen and oxygen atoms in total.